The third-order valence-electron chi connectivity index (χ3n) is 6.71. The number of benzene rings is 2. The molecule has 0 saturated carbocycles. The Morgan fingerprint density at radius 3 is 2.27 bits per heavy atom. The van der Waals surface area contributed by atoms with Gasteiger partial charge in [-0.2, -0.15) is 13.2 Å². The monoisotopic (exact) mass is 561 g/mol. The zero-order valence-corrected chi connectivity index (χ0v) is 22.7. The predicted octanol–water partition coefficient (Wildman–Crippen LogP) is 4.71. The molecule has 0 aromatic heterocycles. The fourth-order valence-corrected chi connectivity index (χ4v) is 4.86. The van der Waals surface area contributed by atoms with E-state index in [1.807, 2.05) is 19.9 Å². The number of anilines is 1. The molecule has 0 bridgehead atoms. The Balaban J connectivity index is 2.07. The maximum absolute atomic E-state index is 14.2. The molecule has 3 rings (SSSR count). The number of ether oxygens (including phenoxy) is 1. The summed E-state index contributed by atoms with van der Waals surface area (Å²) in [5.41, 5.74) is 7.57. The molecule has 0 aliphatic carbocycles. The van der Waals surface area contributed by atoms with Crippen molar-refractivity contribution in [3.8, 4) is 0 Å². The van der Waals surface area contributed by atoms with Gasteiger partial charge in [0, 0.05) is 12.1 Å². The number of nitrogens with two attached hydrogens (primary N) is 1. The van der Waals surface area contributed by atoms with E-state index in [1.165, 1.54) is 16.7 Å². The normalized spacial score (nSPS) is 16.6. The van der Waals surface area contributed by atoms with Gasteiger partial charge in [-0.3, -0.25) is 14.4 Å². The number of carbonyl (C=O) groups excluding carboxylic acids is 4. The lowest BCUT2D eigenvalue weighted by Crippen LogP contribution is -2.48. The van der Waals surface area contributed by atoms with E-state index < -0.39 is 48.4 Å². The van der Waals surface area contributed by atoms with Crippen molar-refractivity contribution in [3.05, 3.63) is 65.2 Å². The van der Waals surface area contributed by atoms with Crippen molar-refractivity contribution < 1.29 is 37.1 Å². The Hall–Kier alpha value is -3.73. The number of fused-ring (bicyclic) bond motifs is 1. The van der Waals surface area contributed by atoms with Crippen LogP contribution in [-0.2, 0) is 25.5 Å². The van der Waals surface area contributed by atoms with Crippen molar-refractivity contribution in [3.63, 3.8) is 0 Å². The highest BCUT2D eigenvalue weighted by Crippen LogP contribution is 2.38. The van der Waals surface area contributed by atoms with Crippen molar-refractivity contribution >= 4 is 29.4 Å². The molecule has 216 valence electrons. The fraction of sp³-hybridized carbons (Fsp3) is 0.448. The van der Waals surface area contributed by atoms with E-state index in [0.717, 1.165) is 24.8 Å². The van der Waals surface area contributed by atoms with Crippen molar-refractivity contribution in [1.29, 1.82) is 0 Å². The third-order valence-corrected chi connectivity index (χ3v) is 6.71. The number of unbranched alkanes of at least 4 members (excludes halogenated alkanes) is 2. The number of hydrogen-bond donors (Lipinski definition) is 1. The van der Waals surface area contributed by atoms with Gasteiger partial charge in [0.2, 0.25) is 0 Å². The maximum Gasteiger partial charge on any atom is 0.491 e. The van der Waals surface area contributed by atoms with Crippen LogP contribution in [0.25, 0.3) is 0 Å². The van der Waals surface area contributed by atoms with Crippen LogP contribution in [0.2, 0.25) is 0 Å². The number of rotatable bonds is 10. The Morgan fingerprint density at radius 2 is 1.68 bits per heavy atom. The summed E-state index contributed by atoms with van der Waals surface area (Å²) in [7, 11) is 0. The summed E-state index contributed by atoms with van der Waals surface area (Å²) in [6.45, 7) is 5.64. The topological polar surface area (TPSA) is 110 Å². The highest BCUT2D eigenvalue weighted by atomic mass is 19.4. The van der Waals surface area contributed by atoms with Gasteiger partial charge < -0.3 is 20.3 Å². The number of aryl methyl sites for hydroxylation is 1. The average molecular weight is 562 g/mol. The number of carbonyl (C=O) groups is 4. The highest BCUT2D eigenvalue weighted by molar-refractivity contribution is 6.11. The summed E-state index contributed by atoms with van der Waals surface area (Å²) in [6.07, 6.45) is -2.77. The molecule has 2 aromatic carbocycles. The molecule has 8 nitrogen and oxygen atoms in total. The molecule has 0 radical (unpaired) electrons. The fourth-order valence-electron chi connectivity index (χ4n) is 4.86. The molecular formula is C29H34F3N3O5. The standard InChI is InChI=1S/C29H34F3N3O5/c1-18(2)34-23-14-13-20(10-6-5-9-15-33)17-22(23)26(37)35(25(27(34)38)21-11-7-4-8-12-21)19(3)16-24(36)40-28(39)29(30,31)32/h4,7-8,11-14,17-19,25H,5-6,9-10,15-16,33H2,1-3H3. The summed E-state index contributed by atoms with van der Waals surface area (Å²) in [5, 5.41) is 0. The van der Waals surface area contributed by atoms with E-state index in [4.69, 9.17) is 5.73 Å². The van der Waals surface area contributed by atoms with Crippen molar-refractivity contribution in [2.24, 2.45) is 5.73 Å². The van der Waals surface area contributed by atoms with Crippen LogP contribution in [0.4, 0.5) is 18.9 Å². The summed E-state index contributed by atoms with van der Waals surface area (Å²) in [6, 6.07) is 11.2. The van der Waals surface area contributed by atoms with Crippen LogP contribution in [0.3, 0.4) is 0 Å². The largest absolute Gasteiger partial charge is 0.491 e. The van der Waals surface area contributed by atoms with E-state index in [-0.39, 0.29) is 11.6 Å². The van der Waals surface area contributed by atoms with Gasteiger partial charge in [-0.15, -0.1) is 0 Å². The Bertz CT molecular complexity index is 1230. The molecular weight excluding hydrogens is 527 g/mol. The number of nitrogens with zero attached hydrogens (tertiary/aromatic N) is 2. The lowest BCUT2D eigenvalue weighted by molar-refractivity contribution is -0.202. The molecule has 1 heterocycles. The Kier molecular flexibility index (Phi) is 10.1. The number of halogens is 3. The molecule has 2 unspecified atom stereocenters. The minimum Gasteiger partial charge on any atom is -0.386 e. The summed E-state index contributed by atoms with van der Waals surface area (Å²) >= 11 is 0. The molecule has 40 heavy (non-hydrogen) atoms. The van der Waals surface area contributed by atoms with Crippen molar-refractivity contribution in [2.75, 3.05) is 11.4 Å². The zero-order chi connectivity index (χ0) is 29.6. The van der Waals surface area contributed by atoms with E-state index in [1.54, 1.807) is 42.5 Å². The lowest BCUT2D eigenvalue weighted by atomic mass is 10.00. The maximum atomic E-state index is 14.2. The van der Waals surface area contributed by atoms with Gasteiger partial charge in [0.25, 0.3) is 11.8 Å². The molecule has 1 aliphatic rings. The van der Waals surface area contributed by atoms with Gasteiger partial charge >= 0.3 is 18.1 Å². The second-order valence-electron chi connectivity index (χ2n) is 10.1. The predicted molar refractivity (Wildman–Crippen MR) is 142 cm³/mol. The van der Waals surface area contributed by atoms with Crippen LogP contribution < -0.4 is 10.6 Å². The molecule has 2 atom stereocenters. The Labute approximate surface area is 231 Å². The number of hydrogen-bond acceptors (Lipinski definition) is 6. The van der Waals surface area contributed by atoms with Gasteiger partial charge in [-0.05, 0) is 69.8 Å². The minimum absolute atomic E-state index is 0.239. The second kappa shape index (κ2) is 13.1. The third kappa shape index (κ3) is 7.07. The van der Waals surface area contributed by atoms with Crippen LogP contribution in [0.5, 0.6) is 0 Å². The molecule has 2 aromatic rings. The van der Waals surface area contributed by atoms with E-state index in [0.29, 0.717) is 24.2 Å². The van der Waals surface area contributed by atoms with Gasteiger partial charge in [0.1, 0.15) is 6.04 Å². The number of esters is 2. The SMILES string of the molecule is CC(C)N1C(=O)C(c2ccccc2)N(C(C)CC(=O)OC(=O)C(F)(F)F)C(=O)c2cc(CCCCCN)ccc21. The quantitative estimate of drug-likeness (QED) is 0.256. The van der Waals surface area contributed by atoms with E-state index >= 15 is 0 Å². The molecule has 11 heteroatoms. The van der Waals surface area contributed by atoms with Crippen molar-refractivity contribution in [1.82, 2.24) is 4.90 Å². The highest BCUT2D eigenvalue weighted by Gasteiger charge is 2.45. The zero-order valence-electron chi connectivity index (χ0n) is 22.7. The first-order valence-corrected chi connectivity index (χ1v) is 13.2. The van der Waals surface area contributed by atoms with Crippen molar-refractivity contribution in [2.45, 2.75) is 77.2 Å². The smallest absolute Gasteiger partial charge is 0.386 e. The molecule has 0 saturated heterocycles. The van der Waals surface area contributed by atoms with Crippen LogP contribution in [0.1, 0.15) is 74.0 Å². The van der Waals surface area contributed by atoms with Gasteiger partial charge in [0.05, 0.1) is 17.7 Å². The molecule has 1 aliphatic heterocycles. The van der Waals surface area contributed by atoms with Gasteiger partial charge in [0.15, 0.2) is 0 Å². The first kappa shape index (κ1) is 30.8. The van der Waals surface area contributed by atoms with Crippen LogP contribution in [0.15, 0.2) is 48.5 Å². The second-order valence-corrected chi connectivity index (χ2v) is 10.1. The molecule has 0 spiro atoms. The number of amides is 2. The van der Waals surface area contributed by atoms with Crippen LogP contribution >= 0.6 is 0 Å². The van der Waals surface area contributed by atoms with Crippen LogP contribution in [0, 0.1) is 0 Å². The van der Waals surface area contributed by atoms with Crippen LogP contribution in [-0.4, -0.2) is 53.5 Å². The summed E-state index contributed by atoms with van der Waals surface area (Å²) in [5.74, 6) is -5.10. The first-order valence-electron chi connectivity index (χ1n) is 13.2. The van der Waals surface area contributed by atoms with Gasteiger partial charge in [-0.25, -0.2) is 4.79 Å². The molecule has 0 fully saturated rings. The van der Waals surface area contributed by atoms with Gasteiger partial charge in [-0.1, -0.05) is 42.8 Å². The number of alkyl halides is 3. The molecule has 2 N–H and O–H groups in total. The molecule has 2 amide bonds. The van der Waals surface area contributed by atoms with E-state index in [9.17, 15) is 32.3 Å². The minimum atomic E-state index is -5.35. The summed E-state index contributed by atoms with van der Waals surface area (Å²) in [4.78, 5) is 54.6. The van der Waals surface area contributed by atoms with E-state index in [2.05, 4.69) is 4.74 Å². The summed E-state index contributed by atoms with van der Waals surface area (Å²) < 4.78 is 42.0. The average Bonchev–Trinajstić information content (AvgIpc) is 2.98. The lowest BCUT2D eigenvalue weighted by Gasteiger charge is -2.36. The first-order chi connectivity index (χ1) is 18.9. The Morgan fingerprint density at radius 1 is 1.00 bits per heavy atom.